The van der Waals surface area contributed by atoms with Gasteiger partial charge in [-0.3, -0.25) is 14.9 Å². The smallest absolute Gasteiger partial charge is 0.282 e. The lowest BCUT2D eigenvalue weighted by Gasteiger charge is -2.08. The number of amides is 2. The summed E-state index contributed by atoms with van der Waals surface area (Å²) in [7, 11) is 0. The Morgan fingerprint density at radius 3 is 2.08 bits per heavy atom. The van der Waals surface area contributed by atoms with Crippen LogP contribution in [0.5, 0.6) is 0 Å². The molecule has 0 atom stereocenters. The first kappa shape index (κ1) is 14.7. The van der Waals surface area contributed by atoms with Gasteiger partial charge in [-0.15, -0.1) is 0 Å². The van der Waals surface area contributed by atoms with Gasteiger partial charge < -0.3 is 0 Å². The van der Waals surface area contributed by atoms with Crippen molar-refractivity contribution in [2.75, 3.05) is 0 Å². The summed E-state index contributed by atoms with van der Waals surface area (Å²) in [6.07, 6.45) is 5.50. The molecule has 0 spiro atoms. The number of nitrogens with one attached hydrogen (secondary N) is 1. The zero-order valence-corrected chi connectivity index (χ0v) is 13.5. The summed E-state index contributed by atoms with van der Waals surface area (Å²) >= 11 is 0.926. The third kappa shape index (κ3) is 2.61. The van der Waals surface area contributed by atoms with E-state index in [2.05, 4.69) is 35.6 Å². The van der Waals surface area contributed by atoms with E-state index in [4.69, 9.17) is 0 Å². The van der Waals surface area contributed by atoms with Crippen molar-refractivity contribution in [2.24, 2.45) is 0 Å². The van der Waals surface area contributed by atoms with Crippen molar-refractivity contribution < 1.29 is 9.59 Å². The van der Waals surface area contributed by atoms with Gasteiger partial charge in [0, 0.05) is 0 Å². The number of hydrogen-bond donors (Lipinski definition) is 1. The summed E-state index contributed by atoms with van der Waals surface area (Å²) in [5, 5.41) is 6.60. The first-order valence-electron chi connectivity index (χ1n) is 7.54. The Labute approximate surface area is 143 Å². The summed E-state index contributed by atoms with van der Waals surface area (Å²) in [6, 6.07) is 18.6. The molecule has 2 amide bonds. The van der Waals surface area contributed by atoms with Crippen LogP contribution in [0.4, 0.5) is 4.79 Å². The maximum absolute atomic E-state index is 11.6. The molecular formula is C20H13NO2S. The van der Waals surface area contributed by atoms with E-state index < -0.39 is 0 Å². The third-order valence-corrected chi connectivity index (χ3v) is 4.79. The minimum atomic E-state index is -0.336. The summed E-state index contributed by atoms with van der Waals surface area (Å²) in [5.74, 6) is -0.336. The predicted octanol–water partition coefficient (Wildman–Crippen LogP) is 4.87. The van der Waals surface area contributed by atoms with E-state index >= 15 is 0 Å². The zero-order chi connectivity index (χ0) is 16.5. The van der Waals surface area contributed by atoms with Crippen molar-refractivity contribution in [1.82, 2.24) is 5.32 Å². The van der Waals surface area contributed by atoms with E-state index in [1.165, 1.54) is 10.8 Å². The lowest BCUT2D eigenvalue weighted by molar-refractivity contribution is -0.115. The molecule has 0 unspecified atom stereocenters. The van der Waals surface area contributed by atoms with Gasteiger partial charge in [0.2, 0.25) is 0 Å². The number of imide groups is 1. The second kappa shape index (κ2) is 5.98. The van der Waals surface area contributed by atoms with Crippen LogP contribution in [0.2, 0.25) is 0 Å². The van der Waals surface area contributed by atoms with Crippen LogP contribution < -0.4 is 5.32 Å². The van der Waals surface area contributed by atoms with Crippen molar-refractivity contribution in [3.63, 3.8) is 0 Å². The number of thioether (sulfide) groups is 1. The Bertz CT molecular complexity index is 996. The SMILES string of the molecule is O=C1NC(=O)/C(=C\C=C\c2c3ccccc3cc3ccccc23)S1. The van der Waals surface area contributed by atoms with Crippen LogP contribution in [0.3, 0.4) is 0 Å². The van der Waals surface area contributed by atoms with Crippen LogP contribution in [-0.2, 0) is 4.79 Å². The first-order valence-corrected chi connectivity index (χ1v) is 8.36. The quantitative estimate of drug-likeness (QED) is 0.538. The Morgan fingerprint density at radius 2 is 1.50 bits per heavy atom. The fourth-order valence-corrected chi connectivity index (χ4v) is 3.53. The number of rotatable bonds is 2. The monoisotopic (exact) mass is 331 g/mol. The molecule has 3 aromatic rings. The van der Waals surface area contributed by atoms with Crippen LogP contribution in [0.15, 0.2) is 71.7 Å². The fraction of sp³-hybridized carbons (Fsp3) is 0. The van der Waals surface area contributed by atoms with Gasteiger partial charge in [-0.2, -0.15) is 0 Å². The molecule has 1 aliphatic heterocycles. The summed E-state index contributed by atoms with van der Waals surface area (Å²) in [5.41, 5.74) is 1.11. The molecule has 1 fully saturated rings. The van der Waals surface area contributed by atoms with Crippen molar-refractivity contribution in [2.45, 2.75) is 0 Å². The summed E-state index contributed by atoms with van der Waals surface area (Å²) < 4.78 is 0. The van der Waals surface area contributed by atoms with Crippen LogP contribution >= 0.6 is 11.8 Å². The average Bonchev–Trinajstić information content (AvgIpc) is 2.91. The second-order valence-corrected chi connectivity index (χ2v) is 6.48. The minimum absolute atomic E-state index is 0.324. The van der Waals surface area contributed by atoms with Crippen molar-refractivity contribution in [1.29, 1.82) is 0 Å². The molecule has 3 aromatic carbocycles. The first-order chi connectivity index (χ1) is 11.7. The highest BCUT2D eigenvalue weighted by atomic mass is 32.2. The van der Waals surface area contributed by atoms with Crippen molar-refractivity contribution >= 4 is 50.5 Å². The molecule has 0 radical (unpaired) electrons. The second-order valence-electron chi connectivity index (χ2n) is 5.47. The van der Waals surface area contributed by atoms with Gasteiger partial charge in [-0.25, -0.2) is 0 Å². The maximum atomic E-state index is 11.6. The van der Waals surface area contributed by atoms with E-state index in [0.29, 0.717) is 4.91 Å². The standard InChI is InChI=1S/C20H13NO2S/c22-19-18(24-20(23)21-19)11-5-10-17-15-8-3-1-6-13(15)12-14-7-2-4-9-16(14)17/h1-12H,(H,21,22,23)/b10-5+,18-11+. The highest BCUT2D eigenvalue weighted by Gasteiger charge is 2.24. The van der Waals surface area contributed by atoms with Crippen LogP contribution in [0.25, 0.3) is 27.6 Å². The molecular weight excluding hydrogens is 318 g/mol. The highest BCUT2D eigenvalue weighted by Crippen LogP contribution is 2.30. The molecule has 4 heteroatoms. The molecule has 0 bridgehead atoms. The number of allylic oxidation sites excluding steroid dienone is 2. The third-order valence-electron chi connectivity index (χ3n) is 3.97. The predicted molar refractivity (Wildman–Crippen MR) is 99.7 cm³/mol. The van der Waals surface area contributed by atoms with E-state index in [0.717, 1.165) is 28.1 Å². The maximum Gasteiger partial charge on any atom is 0.290 e. The molecule has 3 nitrogen and oxygen atoms in total. The van der Waals surface area contributed by atoms with E-state index in [1.54, 1.807) is 6.08 Å². The molecule has 116 valence electrons. The number of hydrogen-bond acceptors (Lipinski definition) is 3. The normalized spacial score (nSPS) is 16.6. The van der Waals surface area contributed by atoms with Gasteiger partial charge >= 0.3 is 0 Å². The number of fused-ring (bicyclic) bond motifs is 2. The molecule has 1 N–H and O–H groups in total. The molecule has 1 heterocycles. The van der Waals surface area contributed by atoms with Crippen molar-refractivity contribution in [3.8, 4) is 0 Å². The Hall–Kier alpha value is -2.85. The van der Waals surface area contributed by atoms with Gasteiger partial charge in [-0.05, 0) is 51.0 Å². The topological polar surface area (TPSA) is 46.2 Å². The summed E-state index contributed by atoms with van der Waals surface area (Å²) in [6.45, 7) is 0. The van der Waals surface area contributed by atoms with Gasteiger partial charge in [0.25, 0.3) is 11.1 Å². The molecule has 0 aromatic heterocycles. The van der Waals surface area contributed by atoms with E-state index in [1.807, 2.05) is 36.4 Å². The zero-order valence-electron chi connectivity index (χ0n) is 12.7. The highest BCUT2D eigenvalue weighted by molar-refractivity contribution is 8.18. The largest absolute Gasteiger partial charge is 0.290 e. The van der Waals surface area contributed by atoms with Gasteiger partial charge in [-0.1, -0.05) is 60.7 Å². The Kier molecular flexibility index (Phi) is 3.67. The minimum Gasteiger partial charge on any atom is -0.282 e. The van der Waals surface area contributed by atoms with Crippen LogP contribution in [0, 0.1) is 0 Å². The van der Waals surface area contributed by atoms with Gasteiger partial charge in [0.15, 0.2) is 0 Å². The lowest BCUT2D eigenvalue weighted by atomic mass is 9.96. The lowest BCUT2D eigenvalue weighted by Crippen LogP contribution is -2.17. The molecule has 4 rings (SSSR count). The molecule has 0 aliphatic carbocycles. The van der Waals surface area contributed by atoms with Crippen LogP contribution in [-0.4, -0.2) is 11.1 Å². The van der Waals surface area contributed by atoms with E-state index in [9.17, 15) is 9.59 Å². The van der Waals surface area contributed by atoms with Crippen LogP contribution in [0.1, 0.15) is 5.56 Å². The molecule has 0 saturated carbocycles. The fourth-order valence-electron chi connectivity index (χ4n) is 2.90. The molecule has 24 heavy (non-hydrogen) atoms. The van der Waals surface area contributed by atoms with Crippen molar-refractivity contribution in [3.05, 3.63) is 77.2 Å². The Morgan fingerprint density at radius 1 is 0.875 bits per heavy atom. The van der Waals surface area contributed by atoms with Gasteiger partial charge in [0.05, 0.1) is 4.91 Å². The number of carbonyl (C=O) groups is 2. The Balaban J connectivity index is 1.85. The summed E-state index contributed by atoms with van der Waals surface area (Å²) in [4.78, 5) is 23.2. The number of benzene rings is 3. The average molecular weight is 331 g/mol. The number of carbonyl (C=O) groups excluding carboxylic acids is 2. The molecule has 1 aliphatic rings. The molecule has 1 saturated heterocycles. The van der Waals surface area contributed by atoms with E-state index in [-0.39, 0.29) is 11.1 Å². The van der Waals surface area contributed by atoms with Gasteiger partial charge in [0.1, 0.15) is 0 Å².